The Labute approximate surface area is 108 Å². The molecular formula is C14H21NO3. The second-order valence-corrected chi connectivity index (χ2v) is 4.41. The summed E-state index contributed by atoms with van der Waals surface area (Å²) in [7, 11) is 0. The zero-order chi connectivity index (χ0) is 13.5. The van der Waals surface area contributed by atoms with Crippen molar-refractivity contribution in [1.82, 2.24) is 0 Å². The van der Waals surface area contributed by atoms with E-state index in [4.69, 9.17) is 15.2 Å². The van der Waals surface area contributed by atoms with Gasteiger partial charge in [-0.15, -0.1) is 0 Å². The number of hydrogen-bond acceptors (Lipinski definition) is 3. The summed E-state index contributed by atoms with van der Waals surface area (Å²) in [4.78, 5) is 10.6. The molecular weight excluding hydrogens is 230 g/mol. The number of amides is 1. The summed E-state index contributed by atoms with van der Waals surface area (Å²) in [5.74, 6) is 0.796. The lowest BCUT2D eigenvalue weighted by Crippen LogP contribution is -2.18. The Morgan fingerprint density at radius 1 is 1.39 bits per heavy atom. The molecule has 0 unspecified atom stereocenters. The molecule has 1 aromatic rings. The van der Waals surface area contributed by atoms with Crippen LogP contribution in [0.2, 0.25) is 0 Å². The van der Waals surface area contributed by atoms with Gasteiger partial charge in [-0.2, -0.15) is 0 Å². The van der Waals surface area contributed by atoms with Crippen molar-refractivity contribution in [2.24, 2.45) is 5.73 Å². The van der Waals surface area contributed by atoms with E-state index in [2.05, 4.69) is 19.9 Å². The van der Waals surface area contributed by atoms with E-state index in [1.165, 1.54) is 5.56 Å². The van der Waals surface area contributed by atoms with E-state index in [0.717, 1.165) is 11.3 Å². The minimum atomic E-state index is -0.466. The lowest BCUT2D eigenvalue weighted by atomic mass is 10.0. The number of ether oxygens (including phenoxy) is 2. The van der Waals surface area contributed by atoms with Crippen LogP contribution in [0.5, 0.6) is 5.75 Å². The first-order valence-corrected chi connectivity index (χ1v) is 6.16. The van der Waals surface area contributed by atoms with Crippen LogP contribution in [0.25, 0.3) is 0 Å². The number of carbonyl (C=O) groups is 1. The van der Waals surface area contributed by atoms with Crippen molar-refractivity contribution in [3.63, 3.8) is 0 Å². The van der Waals surface area contributed by atoms with Crippen molar-refractivity contribution in [2.75, 3.05) is 13.2 Å². The van der Waals surface area contributed by atoms with E-state index in [1.807, 2.05) is 19.1 Å². The maximum Gasteiger partial charge on any atom is 0.243 e. The van der Waals surface area contributed by atoms with E-state index in [0.29, 0.717) is 19.1 Å². The van der Waals surface area contributed by atoms with Crippen LogP contribution >= 0.6 is 0 Å². The quantitative estimate of drug-likeness (QED) is 0.808. The molecule has 0 bridgehead atoms. The number of primary amides is 1. The van der Waals surface area contributed by atoms with E-state index in [1.54, 1.807) is 0 Å². The van der Waals surface area contributed by atoms with Crippen LogP contribution in [0.3, 0.4) is 0 Å². The van der Waals surface area contributed by atoms with E-state index < -0.39 is 5.91 Å². The van der Waals surface area contributed by atoms with Gasteiger partial charge in [0.1, 0.15) is 12.4 Å². The molecule has 0 fully saturated rings. The van der Waals surface area contributed by atoms with Gasteiger partial charge < -0.3 is 15.2 Å². The zero-order valence-electron chi connectivity index (χ0n) is 11.2. The van der Waals surface area contributed by atoms with Gasteiger partial charge in [0, 0.05) is 5.56 Å². The number of benzene rings is 1. The minimum absolute atomic E-state index is 0.0719. The van der Waals surface area contributed by atoms with Gasteiger partial charge in [-0.1, -0.05) is 26.0 Å². The lowest BCUT2D eigenvalue weighted by Gasteiger charge is -2.13. The van der Waals surface area contributed by atoms with Gasteiger partial charge in [-0.25, -0.2) is 0 Å². The van der Waals surface area contributed by atoms with Crippen LogP contribution in [0, 0.1) is 0 Å². The monoisotopic (exact) mass is 251 g/mol. The summed E-state index contributed by atoms with van der Waals surface area (Å²) >= 11 is 0. The van der Waals surface area contributed by atoms with E-state index in [9.17, 15) is 4.79 Å². The predicted octanol–water partition coefficient (Wildman–Crippen LogP) is 2.21. The van der Waals surface area contributed by atoms with Crippen LogP contribution in [-0.2, 0) is 16.1 Å². The smallest absolute Gasteiger partial charge is 0.243 e. The number of rotatable bonds is 7. The first-order valence-electron chi connectivity index (χ1n) is 6.16. The Morgan fingerprint density at radius 3 is 2.67 bits per heavy atom. The molecule has 4 heteroatoms. The first kappa shape index (κ1) is 14.5. The first-order chi connectivity index (χ1) is 8.54. The van der Waals surface area contributed by atoms with Gasteiger partial charge in [0.15, 0.2) is 0 Å². The summed E-state index contributed by atoms with van der Waals surface area (Å²) in [5, 5.41) is 0. The molecule has 18 heavy (non-hydrogen) atoms. The SMILES string of the molecule is CCOc1cc(C(C)C)ccc1COCC(N)=O. The molecule has 0 aliphatic rings. The molecule has 2 N–H and O–H groups in total. The Hall–Kier alpha value is -1.55. The van der Waals surface area contributed by atoms with Gasteiger partial charge >= 0.3 is 0 Å². The second kappa shape index (κ2) is 7.01. The lowest BCUT2D eigenvalue weighted by molar-refractivity contribution is -0.122. The molecule has 1 rings (SSSR count). The van der Waals surface area contributed by atoms with Crippen molar-refractivity contribution in [1.29, 1.82) is 0 Å². The third kappa shape index (κ3) is 4.37. The standard InChI is InChI=1S/C14H21NO3/c1-4-18-13-7-11(10(2)3)5-6-12(13)8-17-9-14(15)16/h5-7,10H,4,8-9H2,1-3H3,(H2,15,16). The average Bonchev–Trinajstić information content (AvgIpc) is 2.30. The predicted molar refractivity (Wildman–Crippen MR) is 70.6 cm³/mol. The van der Waals surface area contributed by atoms with Crippen LogP contribution in [0.1, 0.15) is 37.8 Å². The number of hydrogen-bond donors (Lipinski definition) is 1. The molecule has 0 atom stereocenters. The number of nitrogens with two attached hydrogens (primary N) is 1. The van der Waals surface area contributed by atoms with Crippen LogP contribution < -0.4 is 10.5 Å². The van der Waals surface area contributed by atoms with Crippen molar-refractivity contribution in [2.45, 2.75) is 33.3 Å². The molecule has 0 radical (unpaired) electrons. The fraction of sp³-hybridized carbons (Fsp3) is 0.500. The van der Waals surface area contributed by atoms with Gasteiger partial charge in [0.05, 0.1) is 13.2 Å². The van der Waals surface area contributed by atoms with Crippen molar-refractivity contribution < 1.29 is 14.3 Å². The van der Waals surface area contributed by atoms with Gasteiger partial charge in [-0.3, -0.25) is 4.79 Å². The summed E-state index contributed by atoms with van der Waals surface area (Å²) in [6.45, 7) is 7.07. The Kier molecular flexibility index (Phi) is 5.65. The highest BCUT2D eigenvalue weighted by Crippen LogP contribution is 2.25. The Morgan fingerprint density at radius 2 is 2.11 bits per heavy atom. The molecule has 0 aromatic heterocycles. The molecule has 0 saturated heterocycles. The molecule has 100 valence electrons. The molecule has 1 aromatic carbocycles. The molecule has 0 spiro atoms. The van der Waals surface area contributed by atoms with Crippen molar-refractivity contribution >= 4 is 5.91 Å². The average molecular weight is 251 g/mol. The molecule has 1 amide bonds. The highest BCUT2D eigenvalue weighted by atomic mass is 16.5. The second-order valence-electron chi connectivity index (χ2n) is 4.41. The van der Waals surface area contributed by atoms with Crippen molar-refractivity contribution in [3.8, 4) is 5.75 Å². The Balaban J connectivity index is 2.79. The van der Waals surface area contributed by atoms with Gasteiger partial charge in [0.2, 0.25) is 5.91 Å². The maximum absolute atomic E-state index is 10.6. The number of carbonyl (C=O) groups excluding carboxylic acids is 1. The minimum Gasteiger partial charge on any atom is -0.493 e. The molecule has 0 aliphatic heterocycles. The van der Waals surface area contributed by atoms with Gasteiger partial charge in [0.25, 0.3) is 0 Å². The fourth-order valence-electron chi connectivity index (χ4n) is 1.60. The summed E-state index contributed by atoms with van der Waals surface area (Å²) in [5.41, 5.74) is 7.17. The third-order valence-electron chi connectivity index (χ3n) is 2.56. The third-order valence-corrected chi connectivity index (χ3v) is 2.56. The van der Waals surface area contributed by atoms with E-state index in [-0.39, 0.29) is 6.61 Å². The summed E-state index contributed by atoms with van der Waals surface area (Å²) < 4.78 is 10.8. The largest absolute Gasteiger partial charge is 0.493 e. The normalized spacial score (nSPS) is 10.7. The van der Waals surface area contributed by atoms with Crippen LogP contribution in [0.4, 0.5) is 0 Å². The topological polar surface area (TPSA) is 61.6 Å². The van der Waals surface area contributed by atoms with Crippen molar-refractivity contribution in [3.05, 3.63) is 29.3 Å². The zero-order valence-corrected chi connectivity index (χ0v) is 11.2. The molecule has 4 nitrogen and oxygen atoms in total. The highest BCUT2D eigenvalue weighted by Gasteiger charge is 2.08. The summed E-state index contributed by atoms with van der Waals surface area (Å²) in [6, 6.07) is 6.05. The fourth-order valence-corrected chi connectivity index (χ4v) is 1.60. The van der Waals surface area contributed by atoms with Crippen LogP contribution in [-0.4, -0.2) is 19.1 Å². The Bertz CT molecular complexity index is 402. The van der Waals surface area contributed by atoms with Gasteiger partial charge in [-0.05, 0) is 24.5 Å². The molecule has 0 aliphatic carbocycles. The molecule has 0 saturated carbocycles. The molecule has 0 heterocycles. The van der Waals surface area contributed by atoms with E-state index >= 15 is 0 Å². The highest BCUT2D eigenvalue weighted by molar-refractivity contribution is 5.74. The summed E-state index contributed by atoms with van der Waals surface area (Å²) in [6.07, 6.45) is 0. The maximum atomic E-state index is 10.6. The van der Waals surface area contributed by atoms with Crippen LogP contribution in [0.15, 0.2) is 18.2 Å².